The van der Waals surface area contributed by atoms with Crippen LogP contribution in [0.1, 0.15) is 56.6 Å². The Hall–Kier alpha value is -3.56. The van der Waals surface area contributed by atoms with Crippen molar-refractivity contribution in [2.24, 2.45) is 0 Å². The molecule has 0 radical (unpaired) electrons. The number of hydrogen-bond donors (Lipinski definition) is 1. The lowest BCUT2D eigenvalue weighted by Crippen LogP contribution is -2.54. The van der Waals surface area contributed by atoms with Gasteiger partial charge in [-0.05, 0) is 80.3 Å². The molecule has 3 aromatic rings. The fraction of sp³-hybridized carbons (Fsp3) is 0.394. The maximum atomic E-state index is 14.2. The minimum Gasteiger partial charge on any atom is -0.497 e. The SMILES string of the molecule is CCC(C(=O)NC1CCCCC1)N(Cc1ccc(C)cc1)C(=O)CN(c1ccc(Cl)cc1)S(=O)(=O)c1ccc(OC)cc1. The predicted molar refractivity (Wildman–Crippen MR) is 170 cm³/mol. The zero-order chi connectivity index (χ0) is 31.0. The van der Waals surface area contributed by atoms with Crippen molar-refractivity contribution in [1.82, 2.24) is 10.2 Å². The first kappa shape index (κ1) is 32.4. The van der Waals surface area contributed by atoms with Gasteiger partial charge in [0.1, 0.15) is 18.3 Å². The number of ether oxygens (including phenoxy) is 1. The number of sulfonamides is 1. The van der Waals surface area contributed by atoms with E-state index in [-0.39, 0.29) is 29.1 Å². The maximum absolute atomic E-state index is 14.2. The van der Waals surface area contributed by atoms with E-state index in [1.807, 2.05) is 38.1 Å². The summed E-state index contributed by atoms with van der Waals surface area (Å²) in [6.07, 6.45) is 5.49. The number of anilines is 1. The van der Waals surface area contributed by atoms with Crippen molar-refractivity contribution in [3.05, 3.63) is 88.9 Å². The zero-order valence-corrected chi connectivity index (χ0v) is 26.5. The number of benzene rings is 3. The van der Waals surface area contributed by atoms with Crippen molar-refractivity contribution in [3.63, 3.8) is 0 Å². The zero-order valence-electron chi connectivity index (χ0n) is 25.0. The van der Waals surface area contributed by atoms with Crippen LogP contribution in [0, 0.1) is 6.92 Å². The van der Waals surface area contributed by atoms with Gasteiger partial charge in [-0.2, -0.15) is 0 Å². The molecule has 0 bridgehead atoms. The smallest absolute Gasteiger partial charge is 0.264 e. The van der Waals surface area contributed by atoms with Crippen molar-refractivity contribution in [2.75, 3.05) is 18.0 Å². The van der Waals surface area contributed by atoms with E-state index in [0.717, 1.165) is 47.5 Å². The topological polar surface area (TPSA) is 96.0 Å². The summed E-state index contributed by atoms with van der Waals surface area (Å²) in [6, 6.07) is 19.3. The standard InChI is InChI=1S/C33H40ClN3O5S/c1-4-31(33(39)35-27-8-6-5-7-9-27)36(22-25-12-10-24(2)11-13-25)32(38)23-37(28-16-14-26(34)15-17-28)43(40,41)30-20-18-29(42-3)19-21-30/h10-21,27,31H,4-9,22-23H2,1-3H3,(H,35,39). The molecular weight excluding hydrogens is 586 g/mol. The summed E-state index contributed by atoms with van der Waals surface area (Å²) in [5, 5.41) is 3.60. The summed E-state index contributed by atoms with van der Waals surface area (Å²) >= 11 is 6.11. The second-order valence-corrected chi connectivity index (χ2v) is 13.2. The van der Waals surface area contributed by atoms with Crippen LogP contribution in [0.2, 0.25) is 5.02 Å². The van der Waals surface area contributed by atoms with Gasteiger partial charge in [0.15, 0.2) is 0 Å². The van der Waals surface area contributed by atoms with Crippen LogP contribution in [-0.2, 0) is 26.2 Å². The van der Waals surface area contributed by atoms with Crippen LogP contribution >= 0.6 is 11.6 Å². The van der Waals surface area contributed by atoms with E-state index in [1.54, 1.807) is 36.4 Å². The predicted octanol–water partition coefficient (Wildman–Crippen LogP) is 6.11. The van der Waals surface area contributed by atoms with Crippen LogP contribution in [0.3, 0.4) is 0 Å². The maximum Gasteiger partial charge on any atom is 0.264 e. The molecule has 2 amide bonds. The van der Waals surface area contributed by atoms with Gasteiger partial charge in [0.2, 0.25) is 11.8 Å². The van der Waals surface area contributed by atoms with E-state index < -0.39 is 28.5 Å². The number of rotatable bonds is 12. The molecule has 0 aromatic heterocycles. The minimum absolute atomic E-state index is 0.00298. The Kier molecular flexibility index (Phi) is 11.1. The Morgan fingerprint density at radius 2 is 1.58 bits per heavy atom. The third-order valence-electron chi connectivity index (χ3n) is 7.85. The minimum atomic E-state index is -4.19. The number of carbonyl (C=O) groups is 2. The summed E-state index contributed by atoms with van der Waals surface area (Å²) in [6.45, 7) is 3.50. The molecule has 1 fully saturated rings. The lowest BCUT2D eigenvalue weighted by atomic mass is 9.95. The van der Waals surface area contributed by atoms with Gasteiger partial charge in [0.05, 0.1) is 17.7 Å². The lowest BCUT2D eigenvalue weighted by molar-refractivity contribution is -0.140. The van der Waals surface area contributed by atoms with Gasteiger partial charge in [0.25, 0.3) is 10.0 Å². The highest BCUT2D eigenvalue weighted by Crippen LogP contribution is 2.27. The molecule has 4 rings (SSSR count). The van der Waals surface area contributed by atoms with E-state index in [0.29, 0.717) is 17.2 Å². The van der Waals surface area contributed by atoms with Gasteiger partial charge in [-0.25, -0.2) is 8.42 Å². The third-order valence-corrected chi connectivity index (χ3v) is 9.89. The molecule has 1 aliphatic carbocycles. The molecule has 230 valence electrons. The first-order valence-corrected chi connectivity index (χ1v) is 16.5. The molecular formula is C33H40ClN3O5S. The van der Waals surface area contributed by atoms with Crippen LogP contribution in [0.5, 0.6) is 5.75 Å². The number of nitrogens with zero attached hydrogens (tertiary/aromatic N) is 2. The molecule has 0 spiro atoms. The number of carbonyl (C=O) groups excluding carboxylic acids is 2. The normalized spacial score (nSPS) is 14.5. The molecule has 1 saturated carbocycles. The lowest BCUT2D eigenvalue weighted by Gasteiger charge is -2.34. The highest BCUT2D eigenvalue weighted by Gasteiger charge is 2.34. The van der Waals surface area contributed by atoms with E-state index in [1.165, 1.54) is 24.1 Å². The van der Waals surface area contributed by atoms with Crippen LogP contribution in [0.25, 0.3) is 0 Å². The fourth-order valence-electron chi connectivity index (χ4n) is 5.36. The highest BCUT2D eigenvalue weighted by atomic mass is 35.5. The van der Waals surface area contributed by atoms with Gasteiger partial charge < -0.3 is 15.0 Å². The number of halogens is 1. The Morgan fingerprint density at radius 3 is 2.16 bits per heavy atom. The molecule has 1 unspecified atom stereocenters. The first-order chi connectivity index (χ1) is 20.6. The molecule has 1 aliphatic rings. The Balaban J connectivity index is 1.69. The summed E-state index contributed by atoms with van der Waals surface area (Å²) < 4.78 is 34.3. The third kappa shape index (κ3) is 8.30. The molecule has 1 atom stereocenters. The molecule has 10 heteroatoms. The van der Waals surface area contributed by atoms with Crippen LogP contribution in [0.4, 0.5) is 5.69 Å². The second-order valence-electron chi connectivity index (χ2n) is 10.9. The van der Waals surface area contributed by atoms with Gasteiger partial charge in [-0.1, -0.05) is 67.6 Å². The van der Waals surface area contributed by atoms with E-state index in [4.69, 9.17) is 16.3 Å². The fourth-order valence-corrected chi connectivity index (χ4v) is 6.91. The second kappa shape index (κ2) is 14.8. The van der Waals surface area contributed by atoms with Crippen LogP contribution in [-0.4, -0.2) is 50.9 Å². The van der Waals surface area contributed by atoms with Crippen molar-refractivity contribution < 1.29 is 22.7 Å². The molecule has 0 aliphatic heterocycles. The molecule has 1 N–H and O–H groups in total. The Bertz CT molecular complexity index is 1470. The quantitative estimate of drug-likeness (QED) is 0.262. The van der Waals surface area contributed by atoms with Crippen molar-refractivity contribution in [2.45, 2.75) is 75.9 Å². The van der Waals surface area contributed by atoms with Crippen molar-refractivity contribution >= 4 is 39.1 Å². The summed E-state index contributed by atoms with van der Waals surface area (Å²) in [5.74, 6) is -0.198. The highest BCUT2D eigenvalue weighted by molar-refractivity contribution is 7.92. The molecule has 0 heterocycles. The summed E-state index contributed by atoms with van der Waals surface area (Å²) in [7, 11) is -2.69. The van der Waals surface area contributed by atoms with Crippen molar-refractivity contribution in [1.29, 1.82) is 0 Å². The number of amides is 2. The Labute approximate surface area is 260 Å². The van der Waals surface area contributed by atoms with Gasteiger partial charge in [0, 0.05) is 17.6 Å². The van der Waals surface area contributed by atoms with Gasteiger partial charge in [-0.3, -0.25) is 13.9 Å². The molecule has 3 aromatic carbocycles. The molecule has 8 nitrogen and oxygen atoms in total. The average molecular weight is 626 g/mol. The monoisotopic (exact) mass is 625 g/mol. The van der Waals surface area contributed by atoms with Crippen LogP contribution in [0.15, 0.2) is 77.7 Å². The number of hydrogen-bond acceptors (Lipinski definition) is 5. The van der Waals surface area contributed by atoms with E-state index in [9.17, 15) is 18.0 Å². The van der Waals surface area contributed by atoms with Crippen molar-refractivity contribution in [3.8, 4) is 5.75 Å². The first-order valence-electron chi connectivity index (χ1n) is 14.7. The van der Waals surface area contributed by atoms with E-state index >= 15 is 0 Å². The molecule has 0 saturated heterocycles. The number of nitrogens with one attached hydrogen (secondary N) is 1. The number of methoxy groups -OCH3 is 1. The Morgan fingerprint density at radius 1 is 0.953 bits per heavy atom. The number of aryl methyl sites for hydroxylation is 1. The average Bonchev–Trinajstić information content (AvgIpc) is 3.01. The van der Waals surface area contributed by atoms with Gasteiger partial charge in [-0.15, -0.1) is 0 Å². The largest absolute Gasteiger partial charge is 0.497 e. The summed E-state index contributed by atoms with van der Waals surface area (Å²) in [4.78, 5) is 29.4. The summed E-state index contributed by atoms with van der Waals surface area (Å²) in [5.41, 5.74) is 2.20. The van der Waals surface area contributed by atoms with Crippen LogP contribution < -0.4 is 14.4 Å². The van der Waals surface area contributed by atoms with Gasteiger partial charge >= 0.3 is 0 Å². The molecule has 43 heavy (non-hydrogen) atoms. The van der Waals surface area contributed by atoms with E-state index in [2.05, 4.69) is 5.32 Å².